The average molecular weight is 314 g/mol. The number of piperidine rings is 1. The molecule has 1 amide bonds. The van der Waals surface area contributed by atoms with Crippen molar-refractivity contribution in [1.82, 2.24) is 9.47 Å². The fourth-order valence-electron chi connectivity index (χ4n) is 2.98. The minimum absolute atomic E-state index is 0.0620. The molecule has 2 heterocycles. The van der Waals surface area contributed by atoms with Crippen LogP contribution in [0.3, 0.4) is 0 Å². The van der Waals surface area contributed by atoms with E-state index < -0.39 is 0 Å². The number of aromatic nitrogens is 1. The number of hydrogen-bond donors (Lipinski definition) is 0. The number of amides is 1. The highest BCUT2D eigenvalue weighted by molar-refractivity contribution is 5.94. The minimum atomic E-state index is -0.365. The van der Waals surface area contributed by atoms with E-state index in [1.165, 1.54) is 34.9 Å². The first kappa shape index (κ1) is 15.5. The number of pyridine rings is 1. The summed E-state index contributed by atoms with van der Waals surface area (Å²) in [6.07, 6.45) is 4.69. The number of rotatable bonds is 2. The third-order valence-corrected chi connectivity index (χ3v) is 4.33. The van der Waals surface area contributed by atoms with Crippen LogP contribution in [-0.2, 0) is 0 Å². The Kier molecular flexibility index (Phi) is 4.28. The minimum Gasteiger partial charge on any atom is -0.336 e. The quantitative estimate of drug-likeness (QED) is 0.855. The van der Waals surface area contributed by atoms with Crippen molar-refractivity contribution in [3.8, 4) is 5.69 Å². The SMILES string of the molecule is CC1CCCCN1C(=O)c1ccc(=O)n(-c2ccc(F)cc2)c1. The van der Waals surface area contributed by atoms with Crippen molar-refractivity contribution in [3.05, 3.63) is 64.3 Å². The molecular formula is C18H19FN2O2. The molecule has 1 fully saturated rings. The maximum absolute atomic E-state index is 13.0. The van der Waals surface area contributed by atoms with E-state index in [2.05, 4.69) is 0 Å². The Balaban J connectivity index is 1.95. The molecule has 4 nitrogen and oxygen atoms in total. The predicted molar refractivity (Wildman–Crippen MR) is 86.3 cm³/mol. The molecule has 1 aliphatic rings. The summed E-state index contributed by atoms with van der Waals surface area (Å²) in [6, 6.07) is 8.79. The molecule has 0 bridgehead atoms. The summed E-state index contributed by atoms with van der Waals surface area (Å²) in [5.41, 5.74) is 0.764. The maximum Gasteiger partial charge on any atom is 0.255 e. The molecule has 5 heteroatoms. The standard InChI is InChI=1S/C18H19FN2O2/c1-13-4-2-3-11-20(13)18(23)14-5-10-17(22)21(12-14)16-8-6-15(19)7-9-16/h5-10,12-13H,2-4,11H2,1H3. The number of nitrogens with zero attached hydrogens (tertiary/aromatic N) is 2. The van der Waals surface area contributed by atoms with E-state index in [1.807, 2.05) is 11.8 Å². The molecule has 1 saturated heterocycles. The second-order valence-electron chi connectivity index (χ2n) is 5.95. The third-order valence-electron chi connectivity index (χ3n) is 4.33. The van der Waals surface area contributed by atoms with Crippen molar-refractivity contribution in [1.29, 1.82) is 0 Å². The molecule has 0 radical (unpaired) electrons. The molecule has 1 aliphatic heterocycles. The molecular weight excluding hydrogens is 295 g/mol. The van der Waals surface area contributed by atoms with Gasteiger partial charge in [0.2, 0.25) is 0 Å². The molecule has 0 aliphatic carbocycles. The summed E-state index contributed by atoms with van der Waals surface area (Å²) in [4.78, 5) is 26.6. The first-order valence-electron chi connectivity index (χ1n) is 7.86. The number of hydrogen-bond acceptors (Lipinski definition) is 2. The highest BCUT2D eigenvalue weighted by Crippen LogP contribution is 2.19. The average Bonchev–Trinajstić information content (AvgIpc) is 2.56. The van der Waals surface area contributed by atoms with Gasteiger partial charge in [-0.05, 0) is 56.5 Å². The summed E-state index contributed by atoms with van der Waals surface area (Å²) in [6.45, 7) is 2.79. The molecule has 1 atom stereocenters. The first-order chi connectivity index (χ1) is 11.1. The van der Waals surface area contributed by atoms with Crippen molar-refractivity contribution in [3.63, 3.8) is 0 Å². The second kappa shape index (κ2) is 6.36. The molecule has 0 N–H and O–H groups in total. The van der Waals surface area contributed by atoms with E-state index >= 15 is 0 Å². The molecule has 120 valence electrons. The van der Waals surface area contributed by atoms with E-state index in [1.54, 1.807) is 12.3 Å². The van der Waals surface area contributed by atoms with E-state index in [4.69, 9.17) is 0 Å². The van der Waals surface area contributed by atoms with Crippen molar-refractivity contribution < 1.29 is 9.18 Å². The van der Waals surface area contributed by atoms with Gasteiger partial charge in [0.25, 0.3) is 11.5 Å². The molecule has 1 aromatic carbocycles. The Bertz CT molecular complexity index is 767. The van der Waals surface area contributed by atoms with E-state index in [0.29, 0.717) is 11.3 Å². The van der Waals surface area contributed by atoms with Gasteiger partial charge >= 0.3 is 0 Å². The van der Waals surface area contributed by atoms with Gasteiger partial charge in [-0.1, -0.05) is 0 Å². The third kappa shape index (κ3) is 3.18. The lowest BCUT2D eigenvalue weighted by Crippen LogP contribution is -2.42. The van der Waals surface area contributed by atoms with Crippen LogP contribution in [-0.4, -0.2) is 28.0 Å². The van der Waals surface area contributed by atoms with Crippen LogP contribution in [0.15, 0.2) is 47.4 Å². The molecule has 1 unspecified atom stereocenters. The lowest BCUT2D eigenvalue weighted by Gasteiger charge is -2.33. The normalized spacial score (nSPS) is 18.0. The van der Waals surface area contributed by atoms with E-state index in [-0.39, 0.29) is 23.3 Å². The Hall–Kier alpha value is -2.43. The molecule has 2 aromatic rings. The van der Waals surface area contributed by atoms with Crippen LogP contribution in [0, 0.1) is 5.82 Å². The number of halogens is 1. The highest BCUT2D eigenvalue weighted by atomic mass is 19.1. The Morgan fingerprint density at radius 2 is 1.87 bits per heavy atom. The van der Waals surface area contributed by atoms with Crippen molar-refractivity contribution in [2.75, 3.05) is 6.54 Å². The Morgan fingerprint density at radius 3 is 2.57 bits per heavy atom. The maximum atomic E-state index is 13.0. The van der Waals surface area contributed by atoms with Gasteiger partial charge in [-0.3, -0.25) is 14.2 Å². The van der Waals surface area contributed by atoms with Crippen LogP contribution in [0.25, 0.3) is 5.69 Å². The fourth-order valence-corrected chi connectivity index (χ4v) is 2.98. The van der Waals surface area contributed by atoms with Gasteiger partial charge in [0.15, 0.2) is 0 Å². The lowest BCUT2D eigenvalue weighted by atomic mass is 10.0. The van der Waals surface area contributed by atoms with Gasteiger partial charge in [-0.25, -0.2) is 4.39 Å². The van der Waals surface area contributed by atoms with Crippen LogP contribution in [0.4, 0.5) is 4.39 Å². The van der Waals surface area contributed by atoms with Crippen LogP contribution in [0.1, 0.15) is 36.5 Å². The van der Waals surface area contributed by atoms with Crippen LogP contribution in [0.5, 0.6) is 0 Å². The summed E-state index contributed by atoms with van der Waals surface area (Å²) in [5.74, 6) is -0.427. The van der Waals surface area contributed by atoms with Crippen molar-refractivity contribution in [2.45, 2.75) is 32.2 Å². The number of likely N-dealkylation sites (tertiary alicyclic amines) is 1. The van der Waals surface area contributed by atoms with Crippen LogP contribution in [0.2, 0.25) is 0 Å². The summed E-state index contributed by atoms with van der Waals surface area (Å²) in [7, 11) is 0. The summed E-state index contributed by atoms with van der Waals surface area (Å²) >= 11 is 0. The van der Waals surface area contributed by atoms with Crippen LogP contribution < -0.4 is 5.56 Å². The van der Waals surface area contributed by atoms with Gasteiger partial charge in [0.1, 0.15) is 5.82 Å². The monoisotopic (exact) mass is 314 g/mol. The highest BCUT2D eigenvalue weighted by Gasteiger charge is 2.24. The van der Waals surface area contributed by atoms with E-state index in [0.717, 1.165) is 25.8 Å². The molecule has 0 spiro atoms. The van der Waals surface area contributed by atoms with Crippen molar-refractivity contribution in [2.24, 2.45) is 0 Å². The zero-order valence-electron chi connectivity index (χ0n) is 13.0. The molecule has 23 heavy (non-hydrogen) atoms. The fraction of sp³-hybridized carbons (Fsp3) is 0.333. The molecule has 0 saturated carbocycles. The molecule has 3 rings (SSSR count). The van der Waals surface area contributed by atoms with Gasteiger partial charge in [0, 0.05) is 30.5 Å². The topological polar surface area (TPSA) is 42.3 Å². The lowest BCUT2D eigenvalue weighted by molar-refractivity contribution is 0.0635. The smallest absolute Gasteiger partial charge is 0.255 e. The second-order valence-corrected chi connectivity index (χ2v) is 5.95. The summed E-state index contributed by atoms with van der Waals surface area (Å²) < 4.78 is 14.4. The predicted octanol–water partition coefficient (Wildman–Crippen LogP) is 2.99. The van der Waals surface area contributed by atoms with Gasteiger partial charge in [0.05, 0.1) is 5.56 Å². The zero-order valence-corrected chi connectivity index (χ0v) is 13.0. The first-order valence-corrected chi connectivity index (χ1v) is 7.86. The zero-order chi connectivity index (χ0) is 16.4. The summed E-state index contributed by atoms with van der Waals surface area (Å²) in [5, 5.41) is 0. The number of carbonyl (C=O) groups is 1. The van der Waals surface area contributed by atoms with E-state index in [9.17, 15) is 14.0 Å². The van der Waals surface area contributed by atoms with Crippen LogP contribution >= 0.6 is 0 Å². The van der Waals surface area contributed by atoms with Gasteiger partial charge < -0.3 is 4.90 Å². The van der Waals surface area contributed by atoms with Gasteiger partial charge in [-0.2, -0.15) is 0 Å². The Labute approximate surface area is 134 Å². The van der Waals surface area contributed by atoms with Gasteiger partial charge in [-0.15, -0.1) is 0 Å². The number of benzene rings is 1. The molecule has 1 aromatic heterocycles. The van der Waals surface area contributed by atoms with Crippen molar-refractivity contribution >= 4 is 5.91 Å². The Morgan fingerprint density at radius 1 is 1.13 bits per heavy atom. The number of carbonyl (C=O) groups excluding carboxylic acids is 1. The largest absolute Gasteiger partial charge is 0.336 e.